The van der Waals surface area contributed by atoms with Crippen LogP contribution in [0.15, 0.2) is 0 Å². The van der Waals surface area contributed by atoms with E-state index in [0.717, 1.165) is 19.6 Å². The number of hydrogen-bond donors (Lipinski definition) is 1. The van der Waals surface area contributed by atoms with Crippen LogP contribution in [0.3, 0.4) is 0 Å². The number of nitrogens with one attached hydrogen (secondary N) is 1. The number of esters is 1. The maximum Gasteiger partial charge on any atom is 0.307 e. The number of rotatable bonds is 4. The van der Waals surface area contributed by atoms with Crippen molar-refractivity contribution in [2.75, 3.05) is 26.4 Å². The van der Waals surface area contributed by atoms with Crippen molar-refractivity contribution in [1.82, 2.24) is 5.32 Å². The lowest BCUT2D eigenvalue weighted by Crippen LogP contribution is -2.42. The number of morpholine rings is 1. The molecule has 1 N–H and O–H groups in total. The van der Waals surface area contributed by atoms with E-state index in [1.807, 2.05) is 0 Å². The van der Waals surface area contributed by atoms with Gasteiger partial charge in [0, 0.05) is 12.6 Å². The van der Waals surface area contributed by atoms with Crippen molar-refractivity contribution in [2.45, 2.75) is 39.7 Å². The van der Waals surface area contributed by atoms with E-state index in [0.29, 0.717) is 19.6 Å². The Balaban J connectivity index is 2.10. The predicted molar refractivity (Wildman–Crippen MR) is 62.3 cm³/mol. The second kappa shape index (κ2) is 6.21. The van der Waals surface area contributed by atoms with Gasteiger partial charge in [-0.25, -0.2) is 0 Å². The van der Waals surface area contributed by atoms with Gasteiger partial charge in [0.05, 0.1) is 26.2 Å². The Morgan fingerprint density at radius 3 is 2.81 bits per heavy atom. The van der Waals surface area contributed by atoms with Crippen molar-refractivity contribution in [1.29, 1.82) is 0 Å². The number of carbonyl (C=O) groups excluding carboxylic acids is 1. The van der Waals surface area contributed by atoms with Gasteiger partial charge in [-0.05, 0) is 11.8 Å². The highest BCUT2D eigenvalue weighted by atomic mass is 16.5. The number of hydrogen-bond acceptors (Lipinski definition) is 4. The molecule has 0 aromatic rings. The van der Waals surface area contributed by atoms with Crippen molar-refractivity contribution < 1.29 is 14.3 Å². The first kappa shape index (κ1) is 13.5. The van der Waals surface area contributed by atoms with Crippen LogP contribution in [0.2, 0.25) is 0 Å². The molecule has 1 atom stereocenters. The molecule has 1 unspecified atom stereocenters. The van der Waals surface area contributed by atoms with Crippen LogP contribution in [0.25, 0.3) is 0 Å². The molecule has 1 rings (SSSR count). The lowest BCUT2D eigenvalue weighted by atomic mass is 9.93. The summed E-state index contributed by atoms with van der Waals surface area (Å²) >= 11 is 0. The molecule has 16 heavy (non-hydrogen) atoms. The quantitative estimate of drug-likeness (QED) is 0.739. The lowest BCUT2D eigenvalue weighted by molar-refractivity contribution is -0.145. The molecule has 0 radical (unpaired) electrons. The molecule has 1 aliphatic rings. The zero-order chi connectivity index (χ0) is 12.0. The summed E-state index contributed by atoms with van der Waals surface area (Å²) in [4.78, 5) is 11.5. The summed E-state index contributed by atoms with van der Waals surface area (Å²) in [5, 5.41) is 3.23. The highest BCUT2D eigenvalue weighted by Crippen LogP contribution is 2.18. The zero-order valence-corrected chi connectivity index (χ0v) is 10.5. The monoisotopic (exact) mass is 229 g/mol. The Kier molecular flexibility index (Phi) is 5.22. The Hall–Kier alpha value is -0.610. The molecular weight excluding hydrogens is 206 g/mol. The first-order valence-corrected chi connectivity index (χ1v) is 5.94. The average molecular weight is 229 g/mol. The summed E-state index contributed by atoms with van der Waals surface area (Å²) in [5.74, 6) is -0.132. The molecule has 0 aromatic carbocycles. The van der Waals surface area contributed by atoms with Crippen LogP contribution in [-0.4, -0.2) is 38.4 Å². The second-order valence-corrected chi connectivity index (χ2v) is 5.46. The van der Waals surface area contributed by atoms with Gasteiger partial charge >= 0.3 is 5.97 Å². The van der Waals surface area contributed by atoms with Crippen LogP contribution in [0, 0.1) is 5.41 Å². The fraction of sp³-hybridized carbons (Fsp3) is 0.917. The molecule has 1 heterocycles. The molecule has 0 saturated carbocycles. The van der Waals surface area contributed by atoms with Crippen LogP contribution >= 0.6 is 0 Å². The third kappa shape index (κ3) is 6.08. The van der Waals surface area contributed by atoms with Crippen LogP contribution in [0.1, 0.15) is 33.6 Å². The zero-order valence-electron chi connectivity index (χ0n) is 10.5. The summed E-state index contributed by atoms with van der Waals surface area (Å²) in [5.41, 5.74) is 0.215. The van der Waals surface area contributed by atoms with Crippen molar-refractivity contribution in [2.24, 2.45) is 5.41 Å². The molecule has 1 fully saturated rings. The SMILES string of the molecule is CC(C)(C)CCOC(=O)CC1COCCN1. The molecule has 4 nitrogen and oxygen atoms in total. The topological polar surface area (TPSA) is 47.6 Å². The van der Waals surface area contributed by atoms with Crippen molar-refractivity contribution >= 4 is 5.97 Å². The van der Waals surface area contributed by atoms with Crippen LogP contribution in [0.5, 0.6) is 0 Å². The Labute approximate surface area is 97.7 Å². The molecule has 0 spiro atoms. The van der Waals surface area contributed by atoms with E-state index in [1.165, 1.54) is 0 Å². The normalized spacial score (nSPS) is 21.8. The summed E-state index contributed by atoms with van der Waals surface area (Å²) in [7, 11) is 0. The molecule has 0 aromatic heterocycles. The molecule has 4 heteroatoms. The van der Waals surface area contributed by atoms with E-state index < -0.39 is 0 Å². The summed E-state index contributed by atoms with van der Waals surface area (Å²) in [6.45, 7) is 9.08. The van der Waals surface area contributed by atoms with Crippen LogP contribution < -0.4 is 5.32 Å². The minimum Gasteiger partial charge on any atom is -0.466 e. The van der Waals surface area contributed by atoms with E-state index in [-0.39, 0.29) is 17.4 Å². The Bertz CT molecular complexity index is 217. The van der Waals surface area contributed by atoms with Gasteiger partial charge in [-0.15, -0.1) is 0 Å². The third-order valence-corrected chi connectivity index (χ3v) is 2.53. The van der Waals surface area contributed by atoms with Crippen LogP contribution in [-0.2, 0) is 14.3 Å². The second-order valence-electron chi connectivity index (χ2n) is 5.46. The molecule has 1 saturated heterocycles. The largest absolute Gasteiger partial charge is 0.466 e. The van der Waals surface area contributed by atoms with E-state index in [1.54, 1.807) is 0 Å². The van der Waals surface area contributed by atoms with E-state index in [4.69, 9.17) is 9.47 Å². The highest BCUT2D eigenvalue weighted by molar-refractivity contribution is 5.70. The van der Waals surface area contributed by atoms with Crippen molar-refractivity contribution in [3.8, 4) is 0 Å². The average Bonchev–Trinajstić information content (AvgIpc) is 2.17. The minimum absolute atomic E-state index is 0.121. The standard InChI is InChI=1S/C12H23NO3/c1-12(2,3)4-6-16-11(14)8-10-9-15-7-5-13-10/h10,13H,4-9H2,1-3H3. The van der Waals surface area contributed by atoms with Crippen molar-refractivity contribution in [3.63, 3.8) is 0 Å². The highest BCUT2D eigenvalue weighted by Gasteiger charge is 2.18. The van der Waals surface area contributed by atoms with Crippen molar-refractivity contribution in [3.05, 3.63) is 0 Å². The molecule has 94 valence electrons. The van der Waals surface area contributed by atoms with Crippen LogP contribution in [0.4, 0.5) is 0 Å². The van der Waals surface area contributed by atoms with Gasteiger partial charge < -0.3 is 14.8 Å². The van der Waals surface area contributed by atoms with E-state index >= 15 is 0 Å². The third-order valence-electron chi connectivity index (χ3n) is 2.53. The van der Waals surface area contributed by atoms with E-state index in [2.05, 4.69) is 26.1 Å². The maximum absolute atomic E-state index is 11.5. The Morgan fingerprint density at radius 2 is 2.25 bits per heavy atom. The van der Waals surface area contributed by atoms with Gasteiger partial charge in [-0.2, -0.15) is 0 Å². The smallest absolute Gasteiger partial charge is 0.307 e. The predicted octanol–water partition coefficient (Wildman–Crippen LogP) is 1.34. The number of carbonyl (C=O) groups is 1. The lowest BCUT2D eigenvalue weighted by Gasteiger charge is -2.23. The fourth-order valence-electron chi connectivity index (χ4n) is 1.48. The van der Waals surface area contributed by atoms with Gasteiger partial charge in [0.15, 0.2) is 0 Å². The van der Waals surface area contributed by atoms with E-state index in [9.17, 15) is 4.79 Å². The maximum atomic E-state index is 11.5. The first-order valence-electron chi connectivity index (χ1n) is 5.94. The van der Waals surface area contributed by atoms with Gasteiger partial charge in [0.1, 0.15) is 0 Å². The number of ether oxygens (including phenoxy) is 2. The minimum atomic E-state index is -0.132. The fourth-order valence-corrected chi connectivity index (χ4v) is 1.48. The van der Waals surface area contributed by atoms with Gasteiger partial charge in [-0.3, -0.25) is 4.79 Å². The first-order chi connectivity index (χ1) is 7.47. The molecule has 0 bridgehead atoms. The molecule has 0 amide bonds. The molecule has 0 aliphatic carbocycles. The van der Waals surface area contributed by atoms with Gasteiger partial charge in [-0.1, -0.05) is 20.8 Å². The molecule has 1 aliphatic heterocycles. The summed E-state index contributed by atoms with van der Waals surface area (Å²) in [6.07, 6.45) is 1.30. The summed E-state index contributed by atoms with van der Waals surface area (Å²) < 4.78 is 10.5. The molecular formula is C12H23NO3. The van der Waals surface area contributed by atoms with Gasteiger partial charge in [0.25, 0.3) is 0 Å². The Morgan fingerprint density at radius 1 is 1.50 bits per heavy atom. The summed E-state index contributed by atoms with van der Waals surface area (Å²) in [6, 6.07) is 0.121. The van der Waals surface area contributed by atoms with Gasteiger partial charge in [0.2, 0.25) is 0 Å².